The van der Waals surface area contributed by atoms with Gasteiger partial charge in [-0.1, -0.05) is 18.2 Å². The molecule has 0 fully saturated rings. The molecule has 22 heavy (non-hydrogen) atoms. The van der Waals surface area contributed by atoms with E-state index >= 15 is 0 Å². The molecule has 0 aliphatic carbocycles. The number of pyridine rings is 1. The fraction of sp³-hybridized carbons (Fsp3) is 0.188. The molecule has 3 rings (SSSR count). The molecule has 1 aromatic carbocycles. The van der Waals surface area contributed by atoms with Crippen LogP contribution >= 0.6 is 0 Å². The van der Waals surface area contributed by atoms with Crippen molar-refractivity contribution in [3.8, 4) is 0 Å². The third-order valence-electron chi connectivity index (χ3n) is 3.51. The number of amides is 3. The smallest absolute Gasteiger partial charge is 0.320 e. The Morgan fingerprint density at radius 2 is 2.18 bits per heavy atom. The molecule has 2 heterocycles. The van der Waals surface area contributed by atoms with Crippen LogP contribution in [0, 0.1) is 0 Å². The number of rotatable bonds is 3. The third-order valence-corrected chi connectivity index (χ3v) is 3.51. The van der Waals surface area contributed by atoms with Gasteiger partial charge in [-0.05, 0) is 36.2 Å². The van der Waals surface area contributed by atoms with Crippen LogP contribution in [0.5, 0.6) is 0 Å². The van der Waals surface area contributed by atoms with E-state index in [-0.39, 0.29) is 18.0 Å². The standard InChI is InChI=1S/C16H16N4O2/c1-10(18-16(22)20-14-4-2-3-7-17-14)11-5-6-13-12(8-11)9-15(21)19-13/h2-8,10H,9H2,1H3,(H,19,21)(H2,17,18,20,22)/t10-/m0/s1. The first-order valence-corrected chi connectivity index (χ1v) is 7.03. The minimum atomic E-state index is -0.319. The number of carbonyl (C=O) groups excluding carboxylic acids is 2. The number of aromatic nitrogens is 1. The minimum absolute atomic E-state index is 0.000609. The number of nitrogens with zero attached hydrogens (tertiary/aromatic N) is 1. The van der Waals surface area contributed by atoms with Gasteiger partial charge >= 0.3 is 6.03 Å². The van der Waals surface area contributed by atoms with Crippen molar-refractivity contribution in [1.82, 2.24) is 10.3 Å². The number of anilines is 2. The summed E-state index contributed by atoms with van der Waals surface area (Å²) < 4.78 is 0. The van der Waals surface area contributed by atoms with Crippen LogP contribution in [0.15, 0.2) is 42.6 Å². The third kappa shape index (κ3) is 3.06. The van der Waals surface area contributed by atoms with Crippen LogP contribution in [-0.2, 0) is 11.2 Å². The molecule has 1 aliphatic heterocycles. The number of urea groups is 1. The van der Waals surface area contributed by atoms with Crippen LogP contribution in [0.2, 0.25) is 0 Å². The zero-order valence-electron chi connectivity index (χ0n) is 12.1. The first kappa shape index (κ1) is 14.1. The molecule has 6 nitrogen and oxygen atoms in total. The van der Waals surface area contributed by atoms with Crippen molar-refractivity contribution in [3.05, 3.63) is 53.7 Å². The van der Waals surface area contributed by atoms with Crippen molar-refractivity contribution in [2.75, 3.05) is 10.6 Å². The molecular weight excluding hydrogens is 280 g/mol. The van der Waals surface area contributed by atoms with Crippen molar-refractivity contribution in [1.29, 1.82) is 0 Å². The Morgan fingerprint density at radius 1 is 1.32 bits per heavy atom. The number of carbonyl (C=O) groups is 2. The second kappa shape index (κ2) is 5.85. The summed E-state index contributed by atoms with van der Waals surface area (Å²) in [7, 11) is 0. The quantitative estimate of drug-likeness (QED) is 0.813. The number of hydrogen-bond donors (Lipinski definition) is 3. The van der Waals surface area contributed by atoms with Gasteiger partial charge in [0.15, 0.2) is 0 Å². The average Bonchev–Trinajstić information content (AvgIpc) is 2.87. The molecule has 6 heteroatoms. The molecule has 0 spiro atoms. The van der Waals surface area contributed by atoms with Crippen molar-refractivity contribution in [2.45, 2.75) is 19.4 Å². The van der Waals surface area contributed by atoms with E-state index in [1.54, 1.807) is 24.4 Å². The Labute approximate surface area is 127 Å². The van der Waals surface area contributed by atoms with E-state index in [2.05, 4.69) is 20.9 Å². The van der Waals surface area contributed by atoms with E-state index in [0.29, 0.717) is 12.2 Å². The first-order chi connectivity index (χ1) is 10.6. The highest BCUT2D eigenvalue weighted by atomic mass is 16.2. The van der Waals surface area contributed by atoms with Crippen LogP contribution in [0.3, 0.4) is 0 Å². The van der Waals surface area contributed by atoms with E-state index in [0.717, 1.165) is 16.8 Å². The van der Waals surface area contributed by atoms with Crippen molar-refractivity contribution < 1.29 is 9.59 Å². The predicted molar refractivity (Wildman–Crippen MR) is 83.6 cm³/mol. The molecule has 3 N–H and O–H groups in total. The molecular formula is C16H16N4O2. The maximum atomic E-state index is 12.0. The van der Waals surface area contributed by atoms with Gasteiger partial charge in [-0.25, -0.2) is 9.78 Å². The molecule has 0 saturated heterocycles. The van der Waals surface area contributed by atoms with E-state index in [1.165, 1.54) is 0 Å². The molecule has 112 valence electrons. The van der Waals surface area contributed by atoms with Crippen LogP contribution in [0.4, 0.5) is 16.3 Å². The Kier molecular flexibility index (Phi) is 3.74. The van der Waals surface area contributed by atoms with Gasteiger partial charge in [0.05, 0.1) is 12.5 Å². The number of fused-ring (bicyclic) bond motifs is 1. The van der Waals surface area contributed by atoms with Gasteiger partial charge in [-0.3, -0.25) is 10.1 Å². The van der Waals surface area contributed by atoms with Crippen LogP contribution in [0.25, 0.3) is 0 Å². The van der Waals surface area contributed by atoms with Crippen molar-refractivity contribution in [3.63, 3.8) is 0 Å². The number of nitrogens with one attached hydrogen (secondary N) is 3. The topological polar surface area (TPSA) is 83.1 Å². The second-order valence-corrected chi connectivity index (χ2v) is 5.18. The molecule has 0 radical (unpaired) electrons. The fourth-order valence-corrected chi connectivity index (χ4v) is 2.39. The summed E-state index contributed by atoms with van der Waals surface area (Å²) in [5.41, 5.74) is 2.76. The second-order valence-electron chi connectivity index (χ2n) is 5.18. The maximum absolute atomic E-state index is 12.0. The minimum Gasteiger partial charge on any atom is -0.331 e. The maximum Gasteiger partial charge on any atom is 0.320 e. The predicted octanol–water partition coefficient (Wildman–Crippen LogP) is 2.46. The monoisotopic (exact) mass is 296 g/mol. The highest BCUT2D eigenvalue weighted by molar-refractivity contribution is 5.99. The zero-order valence-corrected chi connectivity index (χ0v) is 12.1. The molecule has 1 aromatic heterocycles. The van der Waals surface area contributed by atoms with Gasteiger partial charge in [0.1, 0.15) is 5.82 Å². The lowest BCUT2D eigenvalue weighted by Crippen LogP contribution is -2.31. The molecule has 1 atom stereocenters. The lowest BCUT2D eigenvalue weighted by Gasteiger charge is -2.15. The average molecular weight is 296 g/mol. The van der Waals surface area contributed by atoms with E-state index in [9.17, 15) is 9.59 Å². The van der Waals surface area contributed by atoms with Gasteiger partial charge in [0.25, 0.3) is 0 Å². The van der Waals surface area contributed by atoms with E-state index in [4.69, 9.17) is 0 Å². The Bertz CT molecular complexity index is 715. The Balaban J connectivity index is 1.65. The lowest BCUT2D eigenvalue weighted by atomic mass is 10.0. The van der Waals surface area contributed by atoms with E-state index in [1.807, 2.05) is 25.1 Å². The largest absolute Gasteiger partial charge is 0.331 e. The highest BCUT2D eigenvalue weighted by Crippen LogP contribution is 2.26. The lowest BCUT2D eigenvalue weighted by molar-refractivity contribution is -0.115. The van der Waals surface area contributed by atoms with Gasteiger partial charge in [0, 0.05) is 11.9 Å². The highest BCUT2D eigenvalue weighted by Gasteiger charge is 2.19. The molecule has 1 aliphatic rings. The summed E-state index contributed by atoms with van der Waals surface area (Å²) in [5, 5.41) is 8.32. The first-order valence-electron chi connectivity index (χ1n) is 7.03. The molecule has 0 unspecified atom stereocenters. The Hall–Kier alpha value is -2.89. The summed E-state index contributed by atoms with van der Waals surface area (Å²) in [5.74, 6) is 0.497. The number of hydrogen-bond acceptors (Lipinski definition) is 3. The van der Waals surface area contributed by atoms with E-state index < -0.39 is 0 Å². The summed E-state index contributed by atoms with van der Waals surface area (Å²) >= 11 is 0. The molecule has 2 aromatic rings. The fourth-order valence-electron chi connectivity index (χ4n) is 2.39. The molecule has 3 amide bonds. The van der Waals surface area contributed by atoms with Gasteiger partial charge in [-0.15, -0.1) is 0 Å². The summed E-state index contributed by atoms with van der Waals surface area (Å²) in [4.78, 5) is 27.4. The van der Waals surface area contributed by atoms with Crippen LogP contribution < -0.4 is 16.0 Å². The molecule has 0 saturated carbocycles. The normalized spacial score (nSPS) is 14.0. The Morgan fingerprint density at radius 3 is 2.95 bits per heavy atom. The summed E-state index contributed by atoms with van der Waals surface area (Å²) in [6.45, 7) is 1.89. The SMILES string of the molecule is C[C@H](NC(=O)Nc1ccccn1)c1ccc2c(c1)CC(=O)N2. The summed E-state index contributed by atoms with van der Waals surface area (Å²) in [6.07, 6.45) is 2.00. The van der Waals surface area contributed by atoms with Gasteiger partial charge < -0.3 is 10.6 Å². The van der Waals surface area contributed by atoms with Crippen molar-refractivity contribution in [2.24, 2.45) is 0 Å². The molecule has 0 bridgehead atoms. The summed E-state index contributed by atoms with van der Waals surface area (Å²) in [6, 6.07) is 10.5. The van der Waals surface area contributed by atoms with Gasteiger partial charge in [-0.2, -0.15) is 0 Å². The zero-order chi connectivity index (χ0) is 15.5. The van der Waals surface area contributed by atoms with Gasteiger partial charge in [0.2, 0.25) is 5.91 Å². The van der Waals surface area contributed by atoms with Crippen LogP contribution in [-0.4, -0.2) is 16.9 Å². The van der Waals surface area contributed by atoms with Crippen LogP contribution in [0.1, 0.15) is 24.1 Å². The van der Waals surface area contributed by atoms with Crippen molar-refractivity contribution >= 4 is 23.4 Å². The number of benzene rings is 1.